The Morgan fingerprint density at radius 1 is 1.19 bits per heavy atom. The number of amides is 2. The Bertz CT molecular complexity index is 1070. The number of para-hydroxylation sites is 2. The van der Waals surface area contributed by atoms with Gasteiger partial charge in [0.05, 0.1) is 24.6 Å². The minimum absolute atomic E-state index is 0.198. The molecule has 0 saturated heterocycles. The first kappa shape index (κ1) is 18.5. The van der Waals surface area contributed by atoms with Gasteiger partial charge in [0.25, 0.3) is 0 Å². The molecular formula is C18H16N2O6S. The molecule has 0 saturated carbocycles. The molecule has 9 heteroatoms. The van der Waals surface area contributed by atoms with Crippen molar-refractivity contribution in [2.45, 2.75) is 0 Å². The fraction of sp³-hybridized carbons (Fsp3) is 0.167. The van der Waals surface area contributed by atoms with Crippen LogP contribution in [0.2, 0.25) is 0 Å². The van der Waals surface area contributed by atoms with E-state index in [9.17, 15) is 14.4 Å². The zero-order valence-corrected chi connectivity index (χ0v) is 15.6. The highest BCUT2D eigenvalue weighted by Gasteiger charge is 2.18. The lowest BCUT2D eigenvalue weighted by Gasteiger charge is -2.19. The summed E-state index contributed by atoms with van der Waals surface area (Å²) in [6, 6.07) is 9.62. The van der Waals surface area contributed by atoms with Crippen molar-refractivity contribution in [3.63, 3.8) is 0 Å². The third kappa shape index (κ3) is 3.63. The van der Waals surface area contributed by atoms with Crippen molar-refractivity contribution in [2.75, 3.05) is 31.5 Å². The van der Waals surface area contributed by atoms with Gasteiger partial charge in [0.1, 0.15) is 16.3 Å². The van der Waals surface area contributed by atoms with Gasteiger partial charge < -0.3 is 13.9 Å². The van der Waals surface area contributed by atoms with Crippen molar-refractivity contribution in [1.29, 1.82) is 0 Å². The number of carbonyl (C=O) groups is 2. The average molecular weight is 388 g/mol. The first-order valence-electron chi connectivity index (χ1n) is 7.78. The number of esters is 1. The lowest BCUT2D eigenvalue weighted by Crippen LogP contribution is -2.31. The van der Waals surface area contributed by atoms with Crippen LogP contribution in [0.4, 0.5) is 15.5 Å². The van der Waals surface area contributed by atoms with Gasteiger partial charge in [0.15, 0.2) is 5.58 Å². The van der Waals surface area contributed by atoms with Crippen LogP contribution in [0.15, 0.2) is 45.6 Å². The molecule has 140 valence electrons. The topological polar surface area (TPSA) is 98.1 Å². The molecule has 0 aliphatic heterocycles. The fourth-order valence-corrected chi connectivity index (χ4v) is 3.35. The molecule has 2 amide bonds. The number of methoxy groups -OCH3 is 2. The highest BCUT2D eigenvalue weighted by atomic mass is 32.1. The zero-order valence-electron chi connectivity index (χ0n) is 14.8. The molecule has 0 atom stereocenters. The number of benzene rings is 1. The summed E-state index contributed by atoms with van der Waals surface area (Å²) >= 11 is 1.17. The van der Waals surface area contributed by atoms with Gasteiger partial charge in [0.2, 0.25) is 0 Å². The quantitative estimate of drug-likeness (QED) is 0.689. The van der Waals surface area contributed by atoms with Crippen molar-refractivity contribution in [3.8, 4) is 5.75 Å². The molecule has 0 bridgehead atoms. The second-order valence-corrected chi connectivity index (χ2v) is 6.52. The van der Waals surface area contributed by atoms with Crippen molar-refractivity contribution >= 4 is 44.3 Å². The maximum Gasteiger partial charge on any atom is 0.351 e. The van der Waals surface area contributed by atoms with Crippen LogP contribution in [0, 0.1) is 0 Å². The number of fused-ring (bicyclic) bond motifs is 1. The number of hydrogen-bond acceptors (Lipinski definition) is 7. The molecule has 27 heavy (non-hydrogen) atoms. The molecular weight excluding hydrogens is 372 g/mol. The monoisotopic (exact) mass is 388 g/mol. The summed E-state index contributed by atoms with van der Waals surface area (Å²) in [4.78, 5) is 37.4. The molecule has 0 radical (unpaired) electrons. The largest absolute Gasteiger partial charge is 0.495 e. The molecule has 3 aromatic rings. The van der Waals surface area contributed by atoms with E-state index in [1.807, 2.05) is 0 Å². The Kier molecular flexibility index (Phi) is 5.13. The Labute approximate surface area is 157 Å². The normalized spacial score (nSPS) is 10.5. The first-order valence-corrected chi connectivity index (χ1v) is 8.60. The van der Waals surface area contributed by atoms with Gasteiger partial charge in [-0.3, -0.25) is 10.2 Å². The van der Waals surface area contributed by atoms with Crippen LogP contribution in [0.25, 0.3) is 10.3 Å². The van der Waals surface area contributed by atoms with Crippen LogP contribution in [-0.4, -0.2) is 33.3 Å². The molecule has 0 unspecified atom stereocenters. The molecule has 0 aliphatic carbocycles. The second-order valence-electron chi connectivity index (χ2n) is 5.44. The molecule has 1 N–H and O–H groups in total. The summed E-state index contributed by atoms with van der Waals surface area (Å²) in [6.07, 6.45) is 0. The van der Waals surface area contributed by atoms with E-state index in [1.165, 1.54) is 42.6 Å². The van der Waals surface area contributed by atoms with Crippen molar-refractivity contribution in [2.24, 2.45) is 0 Å². The van der Waals surface area contributed by atoms with E-state index in [2.05, 4.69) is 10.1 Å². The molecule has 8 nitrogen and oxygen atoms in total. The molecule has 1 aromatic carbocycles. The first-order chi connectivity index (χ1) is 12.9. The molecule has 3 rings (SSSR count). The van der Waals surface area contributed by atoms with E-state index < -0.39 is 17.6 Å². The van der Waals surface area contributed by atoms with Crippen LogP contribution in [0.3, 0.4) is 0 Å². The summed E-state index contributed by atoms with van der Waals surface area (Å²) in [5.41, 5.74) is -0.127. The Morgan fingerprint density at radius 2 is 1.93 bits per heavy atom. The second kappa shape index (κ2) is 7.50. The van der Waals surface area contributed by atoms with Gasteiger partial charge in [0, 0.05) is 13.1 Å². The SMILES string of the molecule is COC(=O)c1cc2sc(NC(=O)N(C)c3ccccc3OC)cc2oc1=O. The van der Waals surface area contributed by atoms with Crippen LogP contribution < -0.4 is 20.6 Å². The predicted octanol–water partition coefficient (Wildman–Crippen LogP) is 3.32. The van der Waals surface area contributed by atoms with Gasteiger partial charge in [-0.05, 0) is 18.2 Å². The minimum Gasteiger partial charge on any atom is -0.495 e. The zero-order chi connectivity index (χ0) is 19.6. The molecule has 0 aliphatic rings. The van der Waals surface area contributed by atoms with E-state index in [-0.39, 0.29) is 11.1 Å². The Balaban J connectivity index is 1.87. The highest BCUT2D eigenvalue weighted by molar-refractivity contribution is 7.22. The third-order valence-corrected chi connectivity index (χ3v) is 4.79. The van der Waals surface area contributed by atoms with Gasteiger partial charge >= 0.3 is 17.6 Å². The number of carbonyl (C=O) groups excluding carboxylic acids is 2. The molecule has 0 spiro atoms. The standard InChI is InChI=1S/C18H16N2O6S/c1-20(11-6-4-5-7-12(11)24-2)18(23)19-15-9-13-14(27-15)8-10(16(21)25-3)17(22)26-13/h4-9H,1-3H3,(H,19,23). The lowest BCUT2D eigenvalue weighted by atomic mass is 10.3. The molecule has 2 aromatic heterocycles. The minimum atomic E-state index is -0.795. The van der Waals surface area contributed by atoms with Crippen molar-refractivity contribution < 1.29 is 23.5 Å². The van der Waals surface area contributed by atoms with E-state index in [0.717, 1.165) is 0 Å². The maximum atomic E-state index is 12.5. The lowest BCUT2D eigenvalue weighted by molar-refractivity contribution is 0.0596. The van der Waals surface area contributed by atoms with Gasteiger partial charge in [-0.2, -0.15) is 0 Å². The van der Waals surface area contributed by atoms with E-state index in [0.29, 0.717) is 21.1 Å². The number of anilines is 2. The van der Waals surface area contributed by atoms with Crippen molar-refractivity contribution in [1.82, 2.24) is 0 Å². The highest BCUT2D eigenvalue weighted by Crippen LogP contribution is 2.31. The number of nitrogens with zero attached hydrogens (tertiary/aromatic N) is 1. The summed E-state index contributed by atoms with van der Waals surface area (Å²) < 4.78 is 15.5. The Hall–Kier alpha value is -3.33. The summed E-state index contributed by atoms with van der Waals surface area (Å²) in [6.45, 7) is 0. The van der Waals surface area contributed by atoms with E-state index in [4.69, 9.17) is 9.15 Å². The number of rotatable bonds is 4. The predicted molar refractivity (Wildman–Crippen MR) is 102 cm³/mol. The summed E-state index contributed by atoms with van der Waals surface area (Å²) in [5.74, 6) is -0.222. The number of thiophene rings is 1. The molecule has 2 heterocycles. The van der Waals surface area contributed by atoms with Gasteiger partial charge in [-0.15, -0.1) is 11.3 Å². The average Bonchev–Trinajstić information content (AvgIpc) is 3.06. The van der Waals surface area contributed by atoms with E-state index in [1.54, 1.807) is 31.3 Å². The number of hydrogen-bond donors (Lipinski definition) is 1. The van der Waals surface area contributed by atoms with E-state index >= 15 is 0 Å². The van der Waals surface area contributed by atoms with Gasteiger partial charge in [-0.25, -0.2) is 14.4 Å². The third-order valence-electron chi connectivity index (χ3n) is 3.81. The fourth-order valence-electron chi connectivity index (χ4n) is 2.43. The summed E-state index contributed by atoms with van der Waals surface area (Å²) in [7, 11) is 4.31. The summed E-state index contributed by atoms with van der Waals surface area (Å²) in [5, 5.41) is 3.19. The smallest absolute Gasteiger partial charge is 0.351 e. The van der Waals surface area contributed by atoms with Crippen LogP contribution in [-0.2, 0) is 4.74 Å². The Morgan fingerprint density at radius 3 is 2.63 bits per heavy atom. The van der Waals surface area contributed by atoms with Crippen LogP contribution in [0.5, 0.6) is 5.75 Å². The molecule has 0 fully saturated rings. The number of nitrogens with one attached hydrogen (secondary N) is 1. The number of ether oxygens (including phenoxy) is 2. The van der Waals surface area contributed by atoms with Crippen LogP contribution in [0.1, 0.15) is 10.4 Å². The van der Waals surface area contributed by atoms with Crippen LogP contribution >= 0.6 is 11.3 Å². The number of urea groups is 1. The van der Waals surface area contributed by atoms with Crippen molar-refractivity contribution in [3.05, 3.63) is 52.4 Å². The maximum absolute atomic E-state index is 12.5. The van der Waals surface area contributed by atoms with Gasteiger partial charge in [-0.1, -0.05) is 12.1 Å².